The Morgan fingerprint density at radius 1 is 1.32 bits per heavy atom. The number of amides is 1. The van der Waals surface area contributed by atoms with E-state index in [1.807, 2.05) is 6.07 Å². The van der Waals surface area contributed by atoms with Gasteiger partial charge in [0.05, 0.1) is 33.3 Å². The first-order chi connectivity index (χ1) is 9.03. The van der Waals surface area contributed by atoms with Crippen molar-refractivity contribution in [3.05, 3.63) is 23.8 Å². The summed E-state index contributed by atoms with van der Waals surface area (Å²) in [5, 5.41) is 9.04. The van der Waals surface area contributed by atoms with E-state index in [0.29, 0.717) is 11.5 Å². The average Bonchev–Trinajstić information content (AvgIpc) is 2.45. The highest BCUT2D eigenvalue weighted by molar-refractivity contribution is 5.79. The Bertz CT molecular complexity index is 433. The maximum absolute atomic E-state index is 12.0. The van der Waals surface area contributed by atoms with E-state index < -0.39 is 0 Å². The molecule has 1 N–H and O–H groups in total. The normalized spacial score (nSPS) is 11.8. The second-order valence-corrected chi connectivity index (χ2v) is 4.40. The fourth-order valence-electron chi connectivity index (χ4n) is 1.66. The molecule has 106 valence electrons. The molecule has 0 aromatic heterocycles. The van der Waals surface area contributed by atoms with Crippen LogP contribution < -0.4 is 9.47 Å². The van der Waals surface area contributed by atoms with E-state index in [9.17, 15) is 4.79 Å². The second-order valence-electron chi connectivity index (χ2n) is 4.40. The van der Waals surface area contributed by atoms with Gasteiger partial charge in [-0.25, -0.2) is 0 Å². The largest absolute Gasteiger partial charge is 0.493 e. The van der Waals surface area contributed by atoms with Crippen LogP contribution in [0.2, 0.25) is 0 Å². The minimum absolute atomic E-state index is 0.0474. The number of carbonyl (C=O) groups is 1. The van der Waals surface area contributed by atoms with Crippen LogP contribution in [0.1, 0.15) is 12.5 Å². The van der Waals surface area contributed by atoms with Crippen molar-refractivity contribution in [2.75, 3.05) is 27.9 Å². The monoisotopic (exact) mass is 267 g/mol. The molecule has 1 atom stereocenters. The molecular weight excluding hydrogens is 246 g/mol. The van der Waals surface area contributed by atoms with Crippen molar-refractivity contribution in [1.82, 2.24) is 4.90 Å². The number of ether oxygens (including phenoxy) is 2. The Kier molecular flexibility index (Phi) is 5.63. The number of likely N-dealkylation sites (N-methyl/N-ethyl adjacent to an activating group) is 1. The Morgan fingerprint density at radius 2 is 1.95 bits per heavy atom. The third kappa shape index (κ3) is 3.86. The molecule has 0 saturated heterocycles. The van der Waals surface area contributed by atoms with Crippen molar-refractivity contribution < 1.29 is 19.4 Å². The highest BCUT2D eigenvalue weighted by Gasteiger charge is 2.16. The lowest BCUT2D eigenvalue weighted by molar-refractivity contribution is -0.131. The zero-order valence-electron chi connectivity index (χ0n) is 11.8. The van der Waals surface area contributed by atoms with Crippen LogP contribution in [0.15, 0.2) is 18.2 Å². The van der Waals surface area contributed by atoms with Gasteiger partial charge in [0.25, 0.3) is 0 Å². The number of hydrogen-bond acceptors (Lipinski definition) is 4. The third-order valence-corrected chi connectivity index (χ3v) is 3.12. The van der Waals surface area contributed by atoms with Crippen LogP contribution in [0.5, 0.6) is 11.5 Å². The lowest BCUT2D eigenvalue weighted by Crippen LogP contribution is -2.38. The maximum Gasteiger partial charge on any atom is 0.227 e. The van der Waals surface area contributed by atoms with Gasteiger partial charge < -0.3 is 19.5 Å². The molecule has 0 radical (unpaired) electrons. The third-order valence-electron chi connectivity index (χ3n) is 3.12. The molecule has 0 bridgehead atoms. The van der Waals surface area contributed by atoms with Gasteiger partial charge in [0.2, 0.25) is 5.91 Å². The summed E-state index contributed by atoms with van der Waals surface area (Å²) in [5.41, 5.74) is 0.847. The molecule has 0 heterocycles. The highest BCUT2D eigenvalue weighted by Crippen LogP contribution is 2.27. The van der Waals surface area contributed by atoms with E-state index in [1.165, 1.54) is 4.90 Å². The smallest absolute Gasteiger partial charge is 0.227 e. The summed E-state index contributed by atoms with van der Waals surface area (Å²) in [6, 6.07) is 5.20. The van der Waals surface area contributed by atoms with E-state index in [1.54, 1.807) is 40.3 Å². The number of benzene rings is 1. The minimum atomic E-state index is -0.187. The molecule has 1 aromatic carbocycles. The molecule has 0 fully saturated rings. The molecule has 1 rings (SSSR count). The van der Waals surface area contributed by atoms with Crippen molar-refractivity contribution in [2.24, 2.45) is 0 Å². The first-order valence-electron chi connectivity index (χ1n) is 6.10. The predicted molar refractivity (Wildman–Crippen MR) is 72.6 cm³/mol. The van der Waals surface area contributed by atoms with Crippen LogP contribution in [0.4, 0.5) is 0 Å². The Labute approximate surface area is 113 Å². The van der Waals surface area contributed by atoms with Gasteiger partial charge in [0.15, 0.2) is 11.5 Å². The van der Waals surface area contributed by atoms with E-state index in [2.05, 4.69) is 0 Å². The van der Waals surface area contributed by atoms with E-state index >= 15 is 0 Å². The van der Waals surface area contributed by atoms with Gasteiger partial charge in [-0.2, -0.15) is 0 Å². The van der Waals surface area contributed by atoms with Crippen LogP contribution in [0.3, 0.4) is 0 Å². The maximum atomic E-state index is 12.0. The van der Waals surface area contributed by atoms with Crippen LogP contribution in [0, 0.1) is 0 Å². The molecule has 0 spiro atoms. The van der Waals surface area contributed by atoms with Gasteiger partial charge in [-0.15, -0.1) is 0 Å². The first-order valence-corrected chi connectivity index (χ1v) is 6.10. The lowest BCUT2D eigenvalue weighted by atomic mass is 10.1. The standard InChI is InChI=1S/C14H21NO4/c1-10(9-16)15(2)14(17)8-11-5-6-12(18-3)13(7-11)19-4/h5-7,10,16H,8-9H2,1-4H3. The Hall–Kier alpha value is -1.75. The van der Waals surface area contributed by atoms with Crippen LogP contribution >= 0.6 is 0 Å². The molecule has 0 saturated carbocycles. The second kappa shape index (κ2) is 6.99. The van der Waals surface area contributed by atoms with E-state index in [-0.39, 0.29) is 25.0 Å². The molecule has 5 nitrogen and oxygen atoms in total. The number of methoxy groups -OCH3 is 2. The number of aliphatic hydroxyl groups is 1. The topological polar surface area (TPSA) is 59.0 Å². The molecule has 1 amide bonds. The predicted octanol–water partition coefficient (Wildman–Crippen LogP) is 1.09. The van der Waals surface area contributed by atoms with Crippen molar-refractivity contribution in [3.8, 4) is 11.5 Å². The Balaban J connectivity index is 2.80. The summed E-state index contributed by atoms with van der Waals surface area (Å²) in [6.45, 7) is 1.75. The fraction of sp³-hybridized carbons (Fsp3) is 0.500. The molecule has 0 aliphatic heterocycles. The first kappa shape index (κ1) is 15.3. The van der Waals surface area contributed by atoms with Gasteiger partial charge in [-0.1, -0.05) is 6.07 Å². The summed E-state index contributed by atoms with van der Waals surface area (Å²) in [7, 11) is 4.81. The summed E-state index contributed by atoms with van der Waals surface area (Å²) < 4.78 is 10.3. The Morgan fingerprint density at radius 3 is 2.47 bits per heavy atom. The van der Waals surface area contributed by atoms with Crippen LogP contribution in [0.25, 0.3) is 0 Å². The highest BCUT2D eigenvalue weighted by atomic mass is 16.5. The number of aliphatic hydroxyl groups excluding tert-OH is 1. The molecular formula is C14H21NO4. The average molecular weight is 267 g/mol. The van der Waals surface area contributed by atoms with Crippen molar-refractivity contribution in [2.45, 2.75) is 19.4 Å². The van der Waals surface area contributed by atoms with Crippen molar-refractivity contribution in [3.63, 3.8) is 0 Å². The van der Waals surface area contributed by atoms with E-state index in [4.69, 9.17) is 14.6 Å². The van der Waals surface area contributed by atoms with Crippen molar-refractivity contribution in [1.29, 1.82) is 0 Å². The molecule has 1 aromatic rings. The van der Waals surface area contributed by atoms with Gasteiger partial charge >= 0.3 is 0 Å². The van der Waals surface area contributed by atoms with E-state index in [0.717, 1.165) is 5.56 Å². The minimum Gasteiger partial charge on any atom is -0.493 e. The van der Waals surface area contributed by atoms with Gasteiger partial charge in [0, 0.05) is 7.05 Å². The molecule has 0 aliphatic carbocycles. The van der Waals surface area contributed by atoms with Crippen LogP contribution in [-0.2, 0) is 11.2 Å². The molecule has 0 aliphatic rings. The van der Waals surface area contributed by atoms with Gasteiger partial charge in [-0.3, -0.25) is 4.79 Å². The van der Waals surface area contributed by atoms with Crippen LogP contribution in [-0.4, -0.2) is 49.8 Å². The van der Waals surface area contributed by atoms with Gasteiger partial charge in [0.1, 0.15) is 0 Å². The quantitative estimate of drug-likeness (QED) is 0.838. The molecule has 1 unspecified atom stereocenters. The zero-order chi connectivity index (χ0) is 14.4. The summed E-state index contributed by atoms with van der Waals surface area (Å²) in [6.07, 6.45) is 0.265. The fourth-order valence-corrected chi connectivity index (χ4v) is 1.66. The molecule has 19 heavy (non-hydrogen) atoms. The summed E-state index contributed by atoms with van der Waals surface area (Å²) in [4.78, 5) is 13.5. The summed E-state index contributed by atoms with van der Waals surface area (Å²) >= 11 is 0. The van der Waals surface area contributed by atoms with Gasteiger partial charge in [-0.05, 0) is 24.6 Å². The lowest BCUT2D eigenvalue weighted by Gasteiger charge is -2.23. The number of nitrogens with zero attached hydrogens (tertiary/aromatic N) is 1. The zero-order valence-corrected chi connectivity index (χ0v) is 11.8. The van der Waals surface area contributed by atoms with Crippen molar-refractivity contribution >= 4 is 5.91 Å². The SMILES string of the molecule is COc1ccc(CC(=O)N(C)C(C)CO)cc1OC. The summed E-state index contributed by atoms with van der Waals surface area (Å²) in [5.74, 6) is 1.19. The number of hydrogen-bond donors (Lipinski definition) is 1. The molecule has 5 heteroatoms. The number of rotatable bonds is 6. The number of carbonyl (C=O) groups excluding carboxylic acids is 1.